The Labute approximate surface area is 113 Å². The molecule has 0 N–H and O–H groups in total. The van der Waals surface area contributed by atoms with Crippen LogP contribution in [0, 0.1) is 0 Å². The number of hydrogen-bond donors (Lipinski definition) is 0. The standard InChI is InChI=1S/C13H11BrN2O2/c1-8-12-11(15-18-13(12)17)6-7-16(8)10-4-2-9(14)3-5-10/h2-5H,6-7H2,1H3. The molecule has 0 aliphatic carbocycles. The maximum atomic E-state index is 11.6. The van der Waals surface area contributed by atoms with Gasteiger partial charge in [-0.3, -0.25) is 0 Å². The van der Waals surface area contributed by atoms with Gasteiger partial charge in [0.1, 0.15) is 5.57 Å². The summed E-state index contributed by atoms with van der Waals surface area (Å²) in [6.45, 7) is 2.74. The fraction of sp³-hybridized carbons (Fsp3) is 0.231. The molecule has 0 saturated heterocycles. The van der Waals surface area contributed by atoms with Gasteiger partial charge >= 0.3 is 5.97 Å². The van der Waals surface area contributed by atoms with Gasteiger partial charge < -0.3 is 9.74 Å². The van der Waals surface area contributed by atoms with E-state index in [2.05, 4.69) is 26.0 Å². The lowest BCUT2D eigenvalue weighted by Gasteiger charge is -2.30. The Kier molecular flexibility index (Phi) is 2.70. The number of carbonyl (C=O) groups excluding carboxylic acids is 1. The molecule has 0 unspecified atom stereocenters. The topological polar surface area (TPSA) is 41.9 Å². The molecule has 0 amide bonds. The van der Waals surface area contributed by atoms with Gasteiger partial charge in [-0.2, -0.15) is 0 Å². The smallest absolute Gasteiger partial charge is 0.344 e. The van der Waals surface area contributed by atoms with E-state index in [1.54, 1.807) is 0 Å². The summed E-state index contributed by atoms with van der Waals surface area (Å²) in [6.07, 6.45) is 0.731. The van der Waals surface area contributed by atoms with Gasteiger partial charge in [-0.25, -0.2) is 4.79 Å². The van der Waals surface area contributed by atoms with Crippen LogP contribution in [0.1, 0.15) is 13.3 Å². The number of nitrogens with zero attached hydrogens (tertiary/aromatic N) is 2. The monoisotopic (exact) mass is 306 g/mol. The zero-order chi connectivity index (χ0) is 12.7. The highest BCUT2D eigenvalue weighted by atomic mass is 79.9. The second-order valence-electron chi connectivity index (χ2n) is 4.26. The fourth-order valence-electron chi connectivity index (χ4n) is 2.30. The van der Waals surface area contributed by atoms with Crippen molar-refractivity contribution in [3.05, 3.63) is 40.0 Å². The van der Waals surface area contributed by atoms with Crippen LogP contribution in [0.15, 0.2) is 45.2 Å². The minimum absolute atomic E-state index is 0.343. The molecule has 0 spiro atoms. The predicted molar refractivity (Wildman–Crippen MR) is 72.3 cm³/mol. The third-order valence-electron chi connectivity index (χ3n) is 3.21. The maximum absolute atomic E-state index is 11.6. The SMILES string of the molecule is CC1=C2C(=O)ON=C2CCN1c1ccc(Br)cc1. The Bertz CT molecular complexity index is 575. The van der Waals surface area contributed by atoms with Crippen LogP contribution in [0.5, 0.6) is 0 Å². The van der Waals surface area contributed by atoms with Crippen LogP contribution in [-0.4, -0.2) is 18.2 Å². The molecule has 2 aliphatic heterocycles. The van der Waals surface area contributed by atoms with E-state index in [1.165, 1.54) is 0 Å². The number of anilines is 1. The van der Waals surface area contributed by atoms with Crippen molar-refractivity contribution >= 4 is 33.3 Å². The summed E-state index contributed by atoms with van der Waals surface area (Å²) in [5.41, 5.74) is 3.36. The quantitative estimate of drug-likeness (QED) is 0.749. The first-order valence-corrected chi connectivity index (χ1v) is 6.48. The molecule has 0 aromatic heterocycles. The Hall–Kier alpha value is -1.62. The van der Waals surface area contributed by atoms with E-state index in [0.29, 0.717) is 5.57 Å². The molecule has 0 fully saturated rings. The molecular formula is C13H11BrN2O2. The van der Waals surface area contributed by atoms with Gasteiger partial charge in [0.05, 0.1) is 5.71 Å². The Balaban J connectivity index is 2.02. The Morgan fingerprint density at radius 2 is 2.06 bits per heavy atom. The molecule has 2 aliphatic rings. The molecule has 1 aromatic rings. The summed E-state index contributed by atoms with van der Waals surface area (Å²) in [7, 11) is 0. The summed E-state index contributed by atoms with van der Waals surface area (Å²) in [5, 5.41) is 3.81. The first-order valence-electron chi connectivity index (χ1n) is 5.69. The maximum Gasteiger partial charge on any atom is 0.369 e. The summed E-state index contributed by atoms with van der Waals surface area (Å²) < 4.78 is 1.04. The van der Waals surface area contributed by atoms with Crippen LogP contribution in [0.3, 0.4) is 0 Å². The van der Waals surface area contributed by atoms with E-state index in [9.17, 15) is 4.79 Å². The highest BCUT2D eigenvalue weighted by Crippen LogP contribution is 2.30. The fourth-order valence-corrected chi connectivity index (χ4v) is 2.56. The van der Waals surface area contributed by atoms with Crippen LogP contribution in [0.2, 0.25) is 0 Å². The lowest BCUT2D eigenvalue weighted by atomic mass is 10.0. The van der Waals surface area contributed by atoms with Crippen LogP contribution in [-0.2, 0) is 9.63 Å². The third-order valence-corrected chi connectivity index (χ3v) is 3.74. The van der Waals surface area contributed by atoms with Crippen LogP contribution >= 0.6 is 15.9 Å². The summed E-state index contributed by atoms with van der Waals surface area (Å²) >= 11 is 3.42. The summed E-state index contributed by atoms with van der Waals surface area (Å²) in [5.74, 6) is -0.343. The van der Waals surface area contributed by atoms with Crippen molar-refractivity contribution in [1.82, 2.24) is 0 Å². The molecule has 3 rings (SSSR count). The normalized spacial score (nSPS) is 18.7. The van der Waals surface area contributed by atoms with E-state index in [4.69, 9.17) is 4.84 Å². The molecule has 4 nitrogen and oxygen atoms in total. The lowest BCUT2D eigenvalue weighted by molar-refractivity contribution is -0.136. The predicted octanol–water partition coefficient (Wildman–Crippen LogP) is 2.85. The van der Waals surface area contributed by atoms with Gasteiger partial charge in [-0.15, -0.1) is 0 Å². The molecule has 92 valence electrons. The van der Waals surface area contributed by atoms with Gasteiger partial charge in [0.15, 0.2) is 0 Å². The Morgan fingerprint density at radius 1 is 1.33 bits per heavy atom. The first-order chi connectivity index (χ1) is 8.66. The molecule has 18 heavy (non-hydrogen) atoms. The van der Waals surface area contributed by atoms with E-state index in [0.717, 1.165) is 34.5 Å². The molecular weight excluding hydrogens is 296 g/mol. The summed E-state index contributed by atoms with van der Waals surface area (Å²) in [6, 6.07) is 8.03. The number of rotatable bonds is 1. The highest BCUT2D eigenvalue weighted by Gasteiger charge is 2.33. The van der Waals surface area contributed by atoms with Gasteiger partial charge in [0.25, 0.3) is 0 Å². The van der Waals surface area contributed by atoms with Crippen molar-refractivity contribution in [2.24, 2.45) is 5.16 Å². The lowest BCUT2D eigenvalue weighted by Crippen LogP contribution is -2.32. The molecule has 1 aromatic carbocycles. The van der Waals surface area contributed by atoms with Gasteiger partial charge in [-0.1, -0.05) is 21.1 Å². The van der Waals surface area contributed by atoms with Crippen molar-refractivity contribution in [2.75, 3.05) is 11.4 Å². The van der Waals surface area contributed by atoms with E-state index >= 15 is 0 Å². The van der Waals surface area contributed by atoms with E-state index in [-0.39, 0.29) is 5.97 Å². The molecule has 0 saturated carbocycles. The highest BCUT2D eigenvalue weighted by molar-refractivity contribution is 9.10. The molecule has 0 radical (unpaired) electrons. The number of halogens is 1. The third kappa shape index (κ3) is 1.75. The van der Waals surface area contributed by atoms with Gasteiger partial charge in [0.2, 0.25) is 0 Å². The molecule has 0 atom stereocenters. The largest absolute Gasteiger partial charge is 0.369 e. The first kappa shape index (κ1) is 11.5. The number of hydrogen-bond acceptors (Lipinski definition) is 4. The van der Waals surface area contributed by atoms with Crippen LogP contribution in [0.25, 0.3) is 0 Å². The second-order valence-corrected chi connectivity index (χ2v) is 5.17. The minimum Gasteiger partial charge on any atom is -0.344 e. The van der Waals surface area contributed by atoms with Crippen molar-refractivity contribution in [3.8, 4) is 0 Å². The van der Waals surface area contributed by atoms with Crippen LogP contribution < -0.4 is 4.90 Å². The Morgan fingerprint density at radius 3 is 2.78 bits per heavy atom. The molecule has 0 bridgehead atoms. The zero-order valence-corrected chi connectivity index (χ0v) is 11.4. The number of benzene rings is 1. The van der Waals surface area contributed by atoms with Crippen molar-refractivity contribution in [1.29, 1.82) is 0 Å². The minimum atomic E-state index is -0.343. The van der Waals surface area contributed by atoms with Crippen molar-refractivity contribution < 1.29 is 9.63 Å². The van der Waals surface area contributed by atoms with Gasteiger partial charge in [-0.05, 0) is 31.2 Å². The van der Waals surface area contributed by atoms with Crippen LogP contribution in [0.4, 0.5) is 5.69 Å². The second kappa shape index (κ2) is 4.24. The average molecular weight is 307 g/mol. The summed E-state index contributed by atoms with van der Waals surface area (Å²) in [4.78, 5) is 18.5. The zero-order valence-electron chi connectivity index (χ0n) is 9.81. The number of allylic oxidation sites excluding steroid dienone is 1. The number of fused-ring (bicyclic) bond motifs is 1. The number of oxime groups is 1. The molecule has 5 heteroatoms. The average Bonchev–Trinajstić information content (AvgIpc) is 2.74. The van der Waals surface area contributed by atoms with E-state index in [1.807, 2.05) is 31.2 Å². The number of carbonyl (C=O) groups is 1. The van der Waals surface area contributed by atoms with Crippen molar-refractivity contribution in [2.45, 2.75) is 13.3 Å². The van der Waals surface area contributed by atoms with Crippen molar-refractivity contribution in [3.63, 3.8) is 0 Å². The van der Waals surface area contributed by atoms with Gasteiger partial charge in [0, 0.05) is 28.8 Å². The van der Waals surface area contributed by atoms with E-state index < -0.39 is 0 Å². The molecule has 2 heterocycles.